The Morgan fingerprint density at radius 3 is 2.52 bits per heavy atom. The van der Waals surface area contributed by atoms with Crippen LogP contribution in [0.15, 0.2) is 46.6 Å². The van der Waals surface area contributed by atoms with Gasteiger partial charge in [-0.25, -0.2) is 9.37 Å². The molecular weight excluding hydrogens is 411 g/mol. The van der Waals surface area contributed by atoms with Crippen LogP contribution in [0.4, 0.5) is 4.39 Å². The van der Waals surface area contributed by atoms with Crippen molar-refractivity contribution in [1.29, 1.82) is 0 Å². The Morgan fingerprint density at radius 1 is 1.06 bits per heavy atom. The summed E-state index contributed by atoms with van der Waals surface area (Å²) in [6.45, 7) is 7.46. The summed E-state index contributed by atoms with van der Waals surface area (Å²) in [5.74, 6) is -0.0366. The van der Waals surface area contributed by atoms with Crippen LogP contribution < -0.4 is 5.56 Å². The lowest BCUT2D eigenvalue weighted by atomic mass is 9.99. The number of benzene rings is 2. The van der Waals surface area contributed by atoms with Crippen LogP contribution in [-0.4, -0.2) is 15.3 Å². The van der Waals surface area contributed by atoms with Crippen LogP contribution in [0.2, 0.25) is 0 Å². The molecule has 0 spiro atoms. The molecule has 2 aromatic carbocycles. The number of hydrogen-bond acceptors (Lipinski definition) is 4. The first-order valence-electron chi connectivity index (χ1n) is 10.2. The Balaban J connectivity index is 1.85. The lowest BCUT2D eigenvalue weighted by molar-refractivity contribution is 0.0969. The van der Waals surface area contributed by atoms with Crippen LogP contribution in [0.1, 0.15) is 39.8 Å². The number of nitrogens with zero attached hydrogens (tertiary/aromatic N) is 2. The molecule has 0 aliphatic carbocycles. The maximum Gasteiger partial charge on any atom is 0.263 e. The summed E-state index contributed by atoms with van der Waals surface area (Å²) in [7, 11) is 0. The Kier molecular flexibility index (Phi) is 5.58. The number of rotatable bonds is 5. The van der Waals surface area contributed by atoms with Crippen LogP contribution in [0, 0.1) is 26.6 Å². The van der Waals surface area contributed by atoms with E-state index in [0.717, 1.165) is 22.3 Å². The minimum atomic E-state index is -0.359. The molecule has 0 aliphatic heterocycles. The Labute approximate surface area is 184 Å². The number of Topliss-reactive ketones (excluding diaryl/α,β-unsaturated/α-hetero) is 1. The fraction of sp³-hybridized carbons (Fsp3) is 0.240. The quantitative estimate of drug-likeness (QED) is 0.382. The van der Waals surface area contributed by atoms with E-state index in [-0.39, 0.29) is 23.7 Å². The van der Waals surface area contributed by atoms with E-state index in [9.17, 15) is 14.0 Å². The first-order chi connectivity index (χ1) is 14.8. The standard InChI is InChI=1S/C25H23FN2O2S/c1-5-22-27-24-23(19(13-31-24)18-8-6-14(2)10-15(18)3)25(30)28(22)12-21(29)17-7-9-20(26)16(4)11-17/h6-11,13H,5,12H2,1-4H3. The lowest BCUT2D eigenvalue weighted by Gasteiger charge is -2.12. The Hall–Kier alpha value is -3.12. The van der Waals surface area contributed by atoms with E-state index < -0.39 is 0 Å². The van der Waals surface area contributed by atoms with Gasteiger partial charge in [0.15, 0.2) is 5.78 Å². The van der Waals surface area contributed by atoms with Gasteiger partial charge in [0.2, 0.25) is 0 Å². The highest BCUT2D eigenvalue weighted by molar-refractivity contribution is 7.17. The molecule has 0 saturated heterocycles. The van der Waals surface area contributed by atoms with Crippen molar-refractivity contribution in [3.05, 3.63) is 86.0 Å². The van der Waals surface area contributed by atoms with Gasteiger partial charge in [-0.2, -0.15) is 0 Å². The van der Waals surface area contributed by atoms with Gasteiger partial charge in [-0.3, -0.25) is 14.2 Å². The second-order valence-electron chi connectivity index (χ2n) is 7.81. The molecule has 6 heteroatoms. The minimum absolute atomic E-state index is 0.127. The van der Waals surface area contributed by atoms with Gasteiger partial charge in [0.05, 0.1) is 11.9 Å². The number of hydrogen-bond donors (Lipinski definition) is 0. The second kappa shape index (κ2) is 8.19. The van der Waals surface area contributed by atoms with E-state index in [1.54, 1.807) is 6.92 Å². The van der Waals surface area contributed by atoms with Gasteiger partial charge in [0.25, 0.3) is 5.56 Å². The van der Waals surface area contributed by atoms with Crippen molar-refractivity contribution >= 4 is 27.3 Å². The van der Waals surface area contributed by atoms with Gasteiger partial charge in [0, 0.05) is 22.9 Å². The zero-order valence-corrected chi connectivity index (χ0v) is 18.8. The highest BCUT2D eigenvalue weighted by Gasteiger charge is 2.19. The fourth-order valence-corrected chi connectivity index (χ4v) is 4.81. The molecule has 4 nitrogen and oxygen atoms in total. The molecule has 31 heavy (non-hydrogen) atoms. The molecule has 0 fully saturated rings. The highest BCUT2D eigenvalue weighted by atomic mass is 32.1. The summed E-state index contributed by atoms with van der Waals surface area (Å²) in [5, 5.41) is 2.50. The second-order valence-corrected chi connectivity index (χ2v) is 8.67. The molecule has 2 heterocycles. The van der Waals surface area contributed by atoms with Gasteiger partial charge < -0.3 is 0 Å². The topological polar surface area (TPSA) is 52.0 Å². The number of carbonyl (C=O) groups is 1. The van der Waals surface area contributed by atoms with E-state index in [1.807, 2.05) is 38.3 Å². The highest BCUT2D eigenvalue weighted by Crippen LogP contribution is 2.33. The number of ketones is 1. The third-order valence-electron chi connectivity index (χ3n) is 5.54. The van der Waals surface area contributed by atoms with E-state index in [1.165, 1.54) is 34.1 Å². The number of aromatic nitrogens is 2. The van der Waals surface area contributed by atoms with Crippen molar-refractivity contribution < 1.29 is 9.18 Å². The average Bonchev–Trinajstić information content (AvgIpc) is 3.15. The molecule has 2 aromatic heterocycles. The molecule has 0 atom stereocenters. The van der Waals surface area contributed by atoms with Gasteiger partial charge in [-0.05, 0) is 55.7 Å². The predicted molar refractivity (Wildman–Crippen MR) is 124 cm³/mol. The Morgan fingerprint density at radius 2 is 1.84 bits per heavy atom. The Bertz CT molecular complexity index is 1380. The molecule has 0 radical (unpaired) electrons. The molecule has 0 N–H and O–H groups in total. The summed E-state index contributed by atoms with van der Waals surface area (Å²) < 4.78 is 15.1. The minimum Gasteiger partial charge on any atom is -0.292 e. The van der Waals surface area contributed by atoms with E-state index in [2.05, 4.69) is 6.07 Å². The monoisotopic (exact) mass is 434 g/mol. The van der Waals surface area contributed by atoms with Crippen molar-refractivity contribution in [3.8, 4) is 11.1 Å². The van der Waals surface area contributed by atoms with Gasteiger partial charge in [0.1, 0.15) is 16.5 Å². The predicted octanol–water partition coefficient (Wildman–Crippen LogP) is 5.63. The van der Waals surface area contributed by atoms with Gasteiger partial charge in [-0.1, -0.05) is 30.7 Å². The first kappa shape index (κ1) is 21.1. The van der Waals surface area contributed by atoms with E-state index >= 15 is 0 Å². The van der Waals surface area contributed by atoms with Crippen molar-refractivity contribution in [2.75, 3.05) is 0 Å². The van der Waals surface area contributed by atoms with Crippen LogP contribution in [0.5, 0.6) is 0 Å². The van der Waals surface area contributed by atoms with Crippen molar-refractivity contribution in [1.82, 2.24) is 9.55 Å². The number of halogens is 1. The van der Waals surface area contributed by atoms with Crippen molar-refractivity contribution in [2.45, 2.75) is 40.7 Å². The maximum absolute atomic E-state index is 13.6. The summed E-state index contributed by atoms with van der Waals surface area (Å²) in [6, 6.07) is 10.4. The van der Waals surface area contributed by atoms with Gasteiger partial charge >= 0.3 is 0 Å². The summed E-state index contributed by atoms with van der Waals surface area (Å²) >= 11 is 1.44. The van der Waals surface area contributed by atoms with Crippen LogP contribution >= 0.6 is 11.3 Å². The third-order valence-corrected chi connectivity index (χ3v) is 6.41. The first-order valence-corrected chi connectivity index (χ1v) is 11.1. The maximum atomic E-state index is 13.6. The fourth-order valence-electron chi connectivity index (χ4n) is 3.87. The number of carbonyl (C=O) groups excluding carboxylic acids is 1. The number of fused-ring (bicyclic) bond motifs is 1. The molecule has 0 amide bonds. The van der Waals surface area contributed by atoms with E-state index in [0.29, 0.717) is 33.6 Å². The molecule has 0 saturated carbocycles. The molecular formula is C25H23FN2O2S. The van der Waals surface area contributed by atoms with Crippen molar-refractivity contribution in [2.24, 2.45) is 0 Å². The van der Waals surface area contributed by atoms with E-state index in [4.69, 9.17) is 4.98 Å². The molecule has 0 aliphatic rings. The number of aryl methyl sites for hydroxylation is 4. The summed E-state index contributed by atoms with van der Waals surface area (Å²) in [6.07, 6.45) is 0.525. The average molecular weight is 435 g/mol. The van der Waals surface area contributed by atoms with Crippen molar-refractivity contribution in [3.63, 3.8) is 0 Å². The van der Waals surface area contributed by atoms with Crippen LogP contribution in [0.25, 0.3) is 21.3 Å². The van der Waals surface area contributed by atoms with Crippen LogP contribution in [-0.2, 0) is 13.0 Å². The summed E-state index contributed by atoms with van der Waals surface area (Å²) in [4.78, 5) is 31.8. The largest absolute Gasteiger partial charge is 0.292 e. The smallest absolute Gasteiger partial charge is 0.263 e. The zero-order valence-electron chi connectivity index (χ0n) is 18.0. The third kappa shape index (κ3) is 3.83. The number of thiophene rings is 1. The normalized spacial score (nSPS) is 11.3. The van der Waals surface area contributed by atoms with Gasteiger partial charge in [-0.15, -0.1) is 11.3 Å². The SMILES string of the molecule is CCc1nc2scc(-c3ccc(C)cc3C)c2c(=O)n1CC(=O)c1ccc(F)c(C)c1. The molecule has 0 bridgehead atoms. The van der Waals surface area contributed by atoms with Crippen LogP contribution in [0.3, 0.4) is 0 Å². The molecule has 4 aromatic rings. The molecule has 4 rings (SSSR count). The lowest BCUT2D eigenvalue weighted by Crippen LogP contribution is -2.28. The summed E-state index contributed by atoms with van der Waals surface area (Å²) in [5.41, 5.74) is 4.65. The zero-order chi connectivity index (χ0) is 22.3. The molecule has 0 unspecified atom stereocenters. The molecule has 158 valence electrons.